The van der Waals surface area contributed by atoms with Gasteiger partial charge in [0.2, 0.25) is 5.91 Å². The van der Waals surface area contributed by atoms with Gasteiger partial charge in [0.25, 0.3) is 0 Å². The van der Waals surface area contributed by atoms with Gasteiger partial charge in [-0.3, -0.25) is 4.79 Å². The van der Waals surface area contributed by atoms with E-state index in [1.165, 1.54) is 36.8 Å². The van der Waals surface area contributed by atoms with Crippen LogP contribution in [-0.2, 0) is 17.8 Å². The lowest BCUT2D eigenvalue weighted by atomic mass is 9.98. The quantitative estimate of drug-likeness (QED) is 0.781. The molecule has 1 aliphatic carbocycles. The van der Waals surface area contributed by atoms with Gasteiger partial charge < -0.3 is 4.90 Å². The maximum atomic E-state index is 12.3. The number of carbonyl (C=O) groups is 1. The van der Waals surface area contributed by atoms with E-state index in [2.05, 4.69) is 29.2 Å². The summed E-state index contributed by atoms with van der Waals surface area (Å²) in [4.78, 5) is 14.3. The maximum Gasteiger partial charge on any atom is 0.223 e. The lowest BCUT2D eigenvalue weighted by Gasteiger charge is -2.29. The van der Waals surface area contributed by atoms with Gasteiger partial charge >= 0.3 is 0 Å². The first kappa shape index (κ1) is 11.8. The summed E-state index contributed by atoms with van der Waals surface area (Å²) in [6, 6.07) is 8.51. The van der Waals surface area contributed by atoms with Crippen LogP contribution in [-0.4, -0.2) is 17.4 Å². The van der Waals surface area contributed by atoms with Gasteiger partial charge in [0.05, 0.1) is 0 Å². The standard InChI is InChI=1S/C16H21NO/c18-16(11-13-5-1-2-6-13)17-10-9-14-7-3-4-8-15(14)12-17/h3-4,7-8,13H,1-2,5-6,9-12H2. The third kappa shape index (κ3) is 2.43. The van der Waals surface area contributed by atoms with Crippen molar-refractivity contribution in [3.8, 4) is 0 Å². The Kier molecular flexibility index (Phi) is 3.35. The van der Waals surface area contributed by atoms with Crippen LogP contribution < -0.4 is 0 Å². The molecule has 1 fully saturated rings. The molecule has 0 aromatic heterocycles. The lowest BCUT2D eigenvalue weighted by Crippen LogP contribution is -2.36. The van der Waals surface area contributed by atoms with Gasteiger partial charge in [-0.25, -0.2) is 0 Å². The summed E-state index contributed by atoms with van der Waals surface area (Å²) in [6.07, 6.45) is 6.96. The Morgan fingerprint density at radius 1 is 1.17 bits per heavy atom. The molecule has 1 saturated carbocycles. The van der Waals surface area contributed by atoms with Crippen molar-refractivity contribution in [3.05, 3.63) is 35.4 Å². The molecule has 0 N–H and O–H groups in total. The Bertz CT molecular complexity index is 434. The number of hydrogen-bond acceptors (Lipinski definition) is 1. The maximum absolute atomic E-state index is 12.3. The Morgan fingerprint density at radius 3 is 2.67 bits per heavy atom. The number of carbonyl (C=O) groups excluding carboxylic acids is 1. The Balaban J connectivity index is 1.62. The highest BCUT2D eigenvalue weighted by atomic mass is 16.2. The summed E-state index contributed by atoms with van der Waals surface area (Å²) >= 11 is 0. The van der Waals surface area contributed by atoms with Crippen LogP contribution in [0.3, 0.4) is 0 Å². The van der Waals surface area contributed by atoms with Crippen molar-refractivity contribution in [1.82, 2.24) is 4.90 Å². The molecule has 1 heterocycles. The highest BCUT2D eigenvalue weighted by molar-refractivity contribution is 5.76. The predicted molar refractivity (Wildman–Crippen MR) is 72.1 cm³/mol. The molecule has 0 bridgehead atoms. The summed E-state index contributed by atoms with van der Waals surface area (Å²) in [7, 11) is 0. The molecule has 0 spiro atoms. The first-order valence-electron chi connectivity index (χ1n) is 7.17. The fourth-order valence-corrected chi connectivity index (χ4v) is 3.30. The van der Waals surface area contributed by atoms with Crippen molar-refractivity contribution in [2.45, 2.75) is 45.1 Å². The van der Waals surface area contributed by atoms with Gasteiger partial charge in [-0.2, -0.15) is 0 Å². The van der Waals surface area contributed by atoms with Crippen molar-refractivity contribution in [1.29, 1.82) is 0 Å². The molecule has 96 valence electrons. The second-order valence-electron chi connectivity index (χ2n) is 5.69. The van der Waals surface area contributed by atoms with Gasteiger partial charge in [0.15, 0.2) is 0 Å². The molecule has 2 heteroatoms. The summed E-state index contributed by atoms with van der Waals surface area (Å²) < 4.78 is 0. The van der Waals surface area contributed by atoms with E-state index in [0.717, 1.165) is 25.9 Å². The molecule has 2 nitrogen and oxygen atoms in total. The van der Waals surface area contributed by atoms with E-state index < -0.39 is 0 Å². The van der Waals surface area contributed by atoms with E-state index in [4.69, 9.17) is 0 Å². The fourth-order valence-electron chi connectivity index (χ4n) is 3.30. The largest absolute Gasteiger partial charge is 0.338 e. The third-order valence-electron chi connectivity index (χ3n) is 4.42. The Labute approximate surface area is 109 Å². The van der Waals surface area contributed by atoms with Crippen LogP contribution >= 0.6 is 0 Å². The fraction of sp³-hybridized carbons (Fsp3) is 0.562. The highest BCUT2D eigenvalue weighted by Crippen LogP contribution is 2.29. The molecule has 1 aliphatic heterocycles. The van der Waals surface area contributed by atoms with Gasteiger partial charge in [-0.05, 0) is 36.3 Å². The molecule has 3 rings (SSSR count). The average molecular weight is 243 g/mol. The Morgan fingerprint density at radius 2 is 1.89 bits per heavy atom. The molecule has 1 aromatic carbocycles. The van der Waals surface area contributed by atoms with Gasteiger partial charge in [-0.15, -0.1) is 0 Å². The summed E-state index contributed by atoms with van der Waals surface area (Å²) in [6.45, 7) is 1.73. The van der Waals surface area contributed by atoms with Crippen LogP contribution in [0, 0.1) is 5.92 Å². The van der Waals surface area contributed by atoms with Crippen molar-refractivity contribution < 1.29 is 4.79 Å². The number of hydrogen-bond donors (Lipinski definition) is 0. The monoisotopic (exact) mass is 243 g/mol. The smallest absolute Gasteiger partial charge is 0.223 e. The van der Waals surface area contributed by atoms with Crippen molar-refractivity contribution in [3.63, 3.8) is 0 Å². The van der Waals surface area contributed by atoms with E-state index in [1.54, 1.807) is 0 Å². The van der Waals surface area contributed by atoms with Crippen LogP contribution in [0.25, 0.3) is 0 Å². The second-order valence-corrected chi connectivity index (χ2v) is 5.69. The van der Waals surface area contributed by atoms with Crippen molar-refractivity contribution in [2.24, 2.45) is 5.92 Å². The molecular weight excluding hydrogens is 222 g/mol. The van der Waals surface area contributed by atoms with E-state index in [0.29, 0.717) is 11.8 Å². The number of amides is 1. The first-order valence-corrected chi connectivity index (χ1v) is 7.17. The predicted octanol–water partition coefficient (Wildman–Crippen LogP) is 3.15. The molecule has 0 saturated heterocycles. The van der Waals surface area contributed by atoms with E-state index in [1.807, 2.05) is 0 Å². The SMILES string of the molecule is O=C(CC1CCCC1)N1CCc2ccccc2C1. The van der Waals surface area contributed by atoms with Crippen LogP contribution in [0.1, 0.15) is 43.2 Å². The van der Waals surface area contributed by atoms with Gasteiger partial charge in [-0.1, -0.05) is 37.1 Å². The normalized spacial score (nSPS) is 19.9. The average Bonchev–Trinajstić information content (AvgIpc) is 2.91. The summed E-state index contributed by atoms with van der Waals surface area (Å²) in [5, 5.41) is 0. The van der Waals surface area contributed by atoms with Crippen LogP contribution in [0.2, 0.25) is 0 Å². The zero-order chi connectivity index (χ0) is 12.4. The van der Waals surface area contributed by atoms with Crippen LogP contribution in [0.5, 0.6) is 0 Å². The summed E-state index contributed by atoms with van der Waals surface area (Å²) in [5.74, 6) is 1.03. The van der Waals surface area contributed by atoms with E-state index in [9.17, 15) is 4.79 Å². The molecule has 2 aliphatic rings. The van der Waals surface area contributed by atoms with E-state index >= 15 is 0 Å². The lowest BCUT2D eigenvalue weighted by molar-refractivity contribution is -0.133. The molecular formula is C16H21NO. The minimum Gasteiger partial charge on any atom is -0.338 e. The van der Waals surface area contributed by atoms with E-state index in [-0.39, 0.29) is 0 Å². The molecule has 18 heavy (non-hydrogen) atoms. The van der Waals surface area contributed by atoms with Crippen LogP contribution in [0.15, 0.2) is 24.3 Å². The second kappa shape index (κ2) is 5.13. The minimum atomic E-state index is 0.372. The zero-order valence-corrected chi connectivity index (χ0v) is 10.9. The van der Waals surface area contributed by atoms with Crippen LogP contribution in [0.4, 0.5) is 0 Å². The van der Waals surface area contributed by atoms with Gasteiger partial charge in [0.1, 0.15) is 0 Å². The number of benzene rings is 1. The van der Waals surface area contributed by atoms with Gasteiger partial charge in [0, 0.05) is 19.5 Å². The molecule has 0 unspecified atom stereocenters. The zero-order valence-electron chi connectivity index (χ0n) is 10.9. The molecule has 1 amide bonds. The summed E-state index contributed by atoms with van der Waals surface area (Å²) in [5.41, 5.74) is 2.76. The topological polar surface area (TPSA) is 20.3 Å². The van der Waals surface area contributed by atoms with Crippen molar-refractivity contribution in [2.75, 3.05) is 6.54 Å². The Hall–Kier alpha value is -1.31. The number of rotatable bonds is 2. The molecule has 0 atom stereocenters. The first-order chi connectivity index (χ1) is 8.83. The van der Waals surface area contributed by atoms with Crippen molar-refractivity contribution >= 4 is 5.91 Å². The number of fused-ring (bicyclic) bond motifs is 1. The third-order valence-corrected chi connectivity index (χ3v) is 4.42. The molecule has 0 radical (unpaired) electrons. The minimum absolute atomic E-state index is 0.372. The number of nitrogens with zero attached hydrogens (tertiary/aromatic N) is 1. The highest BCUT2D eigenvalue weighted by Gasteiger charge is 2.24. The molecule has 1 aromatic rings.